The van der Waals surface area contributed by atoms with Gasteiger partial charge in [0.2, 0.25) is 11.7 Å². The van der Waals surface area contributed by atoms with Crippen LogP contribution in [0.1, 0.15) is 31.6 Å². The summed E-state index contributed by atoms with van der Waals surface area (Å²) in [4.78, 5) is 8.50. The van der Waals surface area contributed by atoms with Gasteiger partial charge in [0, 0.05) is 12.6 Å². The van der Waals surface area contributed by atoms with Gasteiger partial charge in [-0.2, -0.15) is 4.98 Å². The molecule has 0 spiro atoms. The molecule has 2 aromatic rings. The molecule has 1 fully saturated rings. The smallest absolute Gasteiger partial charge is 0.227 e. The summed E-state index contributed by atoms with van der Waals surface area (Å²) in [5, 5.41) is 14.5. The van der Waals surface area contributed by atoms with Gasteiger partial charge in [-0.05, 0) is 30.9 Å². The van der Waals surface area contributed by atoms with E-state index in [1.54, 1.807) is 18.3 Å². The largest absolute Gasteiger partial charge is 0.393 e. The van der Waals surface area contributed by atoms with Crippen molar-refractivity contribution in [2.24, 2.45) is 5.92 Å². The Hall–Kier alpha value is -1.46. The molecule has 0 aliphatic heterocycles. The first-order valence-electron chi connectivity index (χ1n) is 6.85. The summed E-state index contributed by atoms with van der Waals surface area (Å²) in [6, 6.07) is 3.50. The number of aromatic nitrogens is 3. The average Bonchev–Trinajstić information content (AvgIpc) is 2.91. The molecule has 0 saturated heterocycles. The van der Waals surface area contributed by atoms with Gasteiger partial charge in [0.05, 0.1) is 11.1 Å². The summed E-state index contributed by atoms with van der Waals surface area (Å²) in [7, 11) is 0. The highest BCUT2D eigenvalue weighted by Crippen LogP contribution is 2.27. The molecule has 2 aromatic heterocycles. The van der Waals surface area contributed by atoms with Crippen LogP contribution in [0.4, 0.5) is 0 Å². The van der Waals surface area contributed by atoms with E-state index >= 15 is 0 Å². The minimum Gasteiger partial charge on any atom is -0.393 e. The minimum atomic E-state index is -0.257. The first kappa shape index (κ1) is 13.5. The van der Waals surface area contributed by atoms with Crippen LogP contribution < -0.4 is 0 Å². The summed E-state index contributed by atoms with van der Waals surface area (Å²) in [6.07, 6.45) is 6.05. The topological polar surface area (TPSA) is 72.0 Å². The van der Waals surface area contributed by atoms with E-state index in [1.165, 1.54) is 0 Å². The van der Waals surface area contributed by atoms with E-state index in [4.69, 9.17) is 16.1 Å². The molecule has 1 aliphatic carbocycles. The second-order valence-corrected chi connectivity index (χ2v) is 5.63. The Morgan fingerprint density at radius 2 is 2.15 bits per heavy atom. The van der Waals surface area contributed by atoms with E-state index in [0.717, 1.165) is 25.7 Å². The summed E-state index contributed by atoms with van der Waals surface area (Å²) in [6.45, 7) is 0. The maximum Gasteiger partial charge on any atom is 0.227 e. The van der Waals surface area contributed by atoms with E-state index in [-0.39, 0.29) is 12.0 Å². The van der Waals surface area contributed by atoms with Crippen molar-refractivity contribution in [3.8, 4) is 11.5 Å². The first-order valence-corrected chi connectivity index (χ1v) is 7.23. The predicted molar refractivity (Wildman–Crippen MR) is 74.2 cm³/mol. The fraction of sp³-hybridized carbons (Fsp3) is 0.500. The van der Waals surface area contributed by atoms with Crippen molar-refractivity contribution >= 4 is 11.6 Å². The molecule has 106 valence electrons. The van der Waals surface area contributed by atoms with Crippen molar-refractivity contribution in [3.63, 3.8) is 0 Å². The van der Waals surface area contributed by atoms with Crippen LogP contribution in [0.15, 0.2) is 22.9 Å². The van der Waals surface area contributed by atoms with Crippen LogP contribution in [0.25, 0.3) is 11.5 Å². The molecular formula is C14H16ClN3O2. The zero-order chi connectivity index (χ0) is 13.9. The molecule has 5 nitrogen and oxygen atoms in total. The average molecular weight is 294 g/mol. The Kier molecular flexibility index (Phi) is 3.98. The third-order valence-corrected chi connectivity index (χ3v) is 3.95. The van der Waals surface area contributed by atoms with E-state index in [0.29, 0.717) is 28.9 Å². The molecule has 1 aliphatic rings. The number of aliphatic hydroxyl groups excluding tert-OH is 1. The van der Waals surface area contributed by atoms with Gasteiger partial charge in [-0.1, -0.05) is 29.6 Å². The number of pyridine rings is 1. The normalized spacial score (nSPS) is 22.9. The Balaban J connectivity index is 1.71. The van der Waals surface area contributed by atoms with Crippen molar-refractivity contribution in [1.82, 2.24) is 15.1 Å². The van der Waals surface area contributed by atoms with E-state index in [2.05, 4.69) is 15.1 Å². The van der Waals surface area contributed by atoms with Gasteiger partial charge >= 0.3 is 0 Å². The highest BCUT2D eigenvalue weighted by atomic mass is 35.5. The fourth-order valence-corrected chi connectivity index (χ4v) is 2.71. The zero-order valence-corrected chi connectivity index (χ0v) is 11.8. The number of rotatable bonds is 3. The van der Waals surface area contributed by atoms with Gasteiger partial charge in [0.15, 0.2) is 0 Å². The number of halogens is 1. The number of hydrogen-bond donors (Lipinski definition) is 1. The molecule has 2 heterocycles. The Bertz CT molecular complexity index is 570. The second kappa shape index (κ2) is 5.89. The predicted octanol–water partition coefficient (Wildman–Crippen LogP) is 2.88. The molecule has 1 N–H and O–H groups in total. The third-order valence-electron chi connectivity index (χ3n) is 3.73. The monoisotopic (exact) mass is 293 g/mol. The SMILES string of the molecule is OC1CCCCC1Cc1nc(-c2ccc(Cl)cn2)no1. The fourth-order valence-electron chi connectivity index (χ4n) is 2.60. The van der Waals surface area contributed by atoms with Crippen LogP contribution in [0.2, 0.25) is 5.02 Å². The van der Waals surface area contributed by atoms with E-state index in [1.807, 2.05) is 0 Å². The standard InChI is InChI=1S/C14H16ClN3O2/c15-10-5-6-11(16-8-10)14-17-13(20-18-14)7-9-3-1-2-4-12(9)19/h5-6,8-9,12,19H,1-4,7H2. The van der Waals surface area contributed by atoms with Gasteiger partial charge in [-0.3, -0.25) is 4.98 Å². The van der Waals surface area contributed by atoms with Gasteiger partial charge in [0.1, 0.15) is 5.69 Å². The quantitative estimate of drug-likeness (QED) is 0.942. The van der Waals surface area contributed by atoms with Gasteiger partial charge in [-0.25, -0.2) is 0 Å². The molecule has 0 aromatic carbocycles. The Morgan fingerprint density at radius 1 is 1.30 bits per heavy atom. The van der Waals surface area contributed by atoms with Crippen LogP contribution in [0, 0.1) is 5.92 Å². The first-order chi connectivity index (χ1) is 9.72. The molecular weight excluding hydrogens is 278 g/mol. The number of hydrogen-bond acceptors (Lipinski definition) is 5. The van der Waals surface area contributed by atoms with Crippen LogP contribution in [0.5, 0.6) is 0 Å². The van der Waals surface area contributed by atoms with Crippen LogP contribution in [0.3, 0.4) is 0 Å². The van der Waals surface area contributed by atoms with Crippen LogP contribution in [-0.4, -0.2) is 26.3 Å². The lowest BCUT2D eigenvalue weighted by molar-refractivity contribution is 0.0657. The third kappa shape index (κ3) is 2.99. The van der Waals surface area contributed by atoms with Crippen LogP contribution in [-0.2, 0) is 6.42 Å². The van der Waals surface area contributed by atoms with E-state index in [9.17, 15) is 5.11 Å². The molecule has 0 radical (unpaired) electrons. The molecule has 0 bridgehead atoms. The Labute approximate surface area is 122 Å². The zero-order valence-electron chi connectivity index (χ0n) is 11.0. The van der Waals surface area contributed by atoms with Gasteiger partial charge in [0.25, 0.3) is 0 Å². The number of nitrogens with zero attached hydrogens (tertiary/aromatic N) is 3. The lowest BCUT2D eigenvalue weighted by atomic mass is 9.84. The molecule has 3 rings (SSSR count). The van der Waals surface area contributed by atoms with E-state index < -0.39 is 0 Å². The van der Waals surface area contributed by atoms with Gasteiger partial charge < -0.3 is 9.63 Å². The van der Waals surface area contributed by atoms with Gasteiger partial charge in [-0.15, -0.1) is 0 Å². The number of aliphatic hydroxyl groups is 1. The molecule has 1 saturated carbocycles. The Morgan fingerprint density at radius 3 is 2.90 bits per heavy atom. The van der Waals surface area contributed by atoms with Crippen molar-refractivity contribution in [2.45, 2.75) is 38.2 Å². The lowest BCUT2D eigenvalue weighted by Crippen LogP contribution is -2.26. The minimum absolute atomic E-state index is 0.218. The van der Waals surface area contributed by atoms with Crippen molar-refractivity contribution in [1.29, 1.82) is 0 Å². The molecule has 0 amide bonds. The highest BCUT2D eigenvalue weighted by molar-refractivity contribution is 6.30. The molecule has 2 unspecified atom stereocenters. The van der Waals surface area contributed by atoms with Crippen molar-refractivity contribution < 1.29 is 9.63 Å². The summed E-state index contributed by atoms with van der Waals surface area (Å²) >= 11 is 5.79. The summed E-state index contributed by atoms with van der Waals surface area (Å²) in [5.74, 6) is 1.24. The maximum absolute atomic E-state index is 9.97. The van der Waals surface area contributed by atoms with Crippen LogP contribution >= 0.6 is 11.6 Å². The molecule has 20 heavy (non-hydrogen) atoms. The van der Waals surface area contributed by atoms with Crippen molar-refractivity contribution in [3.05, 3.63) is 29.2 Å². The van der Waals surface area contributed by atoms with Crippen molar-refractivity contribution in [2.75, 3.05) is 0 Å². The highest BCUT2D eigenvalue weighted by Gasteiger charge is 2.25. The molecule has 2 atom stereocenters. The maximum atomic E-state index is 9.97. The molecule has 6 heteroatoms. The summed E-state index contributed by atoms with van der Waals surface area (Å²) in [5.41, 5.74) is 0.633. The summed E-state index contributed by atoms with van der Waals surface area (Å²) < 4.78 is 5.26. The second-order valence-electron chi connectivity index (χ2n) is 5.19. The lowest BCUT2D eigenvalue weighted by Gasteiger charge is -2.26.